The lowest BCUT2D eigenvalue weighted by molar-refractivity contribution is -0.121. The van der Waals surface area contributed by atoms with Crippen LogP contribution in [-0.2, 0) is 27.8 Å². The van der Waals surface area contributed by atoms with Crippen LogP contribution in [0.5, 0.6) is 0 Å². The molecule has 162 valence electrons. The van der Waals surface area contributed by atoms with Crippen molar-refractivity contribution >= 4 is 15.9 Å². The van der Waals surface area contributed by atoms with Gasteiger partial charge in [0.2, 0.25) is 15.9 Å². The number of benzene rings is 3. The van der Waals surface area contributed by atoms with Gasteiger partial charge in [-0.25, -0.2) is 17.5 Å². The summed E-state index contributed by atoms with van der Waals surface area (Å²) < 4.78 is 40.5. The lowest BCUT2D eigenvalue weighted by Crippen LogP contribution is -2.26. The number of carbonyl (C=O) groups excluding carboxylic acids is 1. The topological polar surface area (TPSA) is 75.3 Å². The molecule has 0 fully saturated rings. The summed E-state index contributed by atoms with van der Waals surface area (Å²) in [6, 6.07) is 21.6. The lowest BCUT2D eigenvalue weighted by atomic mass is 10.1. The Bertz CT molecular complexity index is 1100. The second-order valence-corrected chi connectivity index (χ2v) is 9.06. The monoisotopic (exact) mass is 440 g/mol. The van der Waals surface area contributed by atoms with Gasteiger partial charge in [-0.3, -0.25) is 4.79 Å². The molecule has 3 aromatic carbocycles. The number of sulfonamides is 1. The molecule has 7 heteroatoms. The largest absolute Gasteiger partial charge is 0.350 e. The molecule has 0 radical (unpaired) electrons. The van der Waals surface area contributed by atoms with E-state index in [2.05, 4.69) is 10.0 Å². The maximum absolute atomic E-state index is 13.0. The van der Waals surface area contributed by atoms with E-state index >= 15 is 0 Å². The van der Waals surface area contributed by atoms with E-state index in [0.717, 1.165) is 16.7 Å². The Labute approximate surface area is 182 Å². The van der Waals surface area contributed by atoms with Gasteiger partial charge in [-0.05, 0) is 54.3 Å². The van der Waals surface area contributed by atoms with Crippen molar-refractivity contribution < 1.29 is 17.6 Å². The van der Waals surface area contributed by atoms with Crippen molar-refractivity contribution in [3.8, 4) is 0 Å². The number of aryl methyl sites for hydroxylation is 1. The normalized spacial score (nSPS) is 12.3. The van der Waals surface area contributed by atoms with E-state index in [-0.39, 0.29) is 35.6 Å². The Morgan fingerprint density at radius 3 is 2.19 bits per heavy atom. The highest BCUT2D eigenvalue weighted by Gasteiger charge is 2.14. The van der Waals surface area contributed by atoms with Crippen molar-refractivity contribution in [1.29, 1.82) is 0 Å². The van der Waals surface area contributed by atoms with Crippen molar-refractivity contribution in [3.05, 3.63) is 101 Å². The van der Waals surface area contributed by atoms with Gasteiger partial charge in [0.05, 0.1) is 10.9 Å². The highest BCUT2D eigenvalue weighted by Crippen LogP contribution is 2.15. The Hall–Kier alpha value is -3.03. The summed E-state index contributed by atoms with van der Waals surface area (Å²) in [6.07, 6.45) is 0.754. The van der Waals surface area contributed by atoms with Gasteiger partial charge in [-0.2, -0.15) is 0 Å². The summed E-state index contributed by atoms with van der Waals surface area (Å²) in [4.78, 5) is 12.4. The molecule has 0 aromatic heterocycles. The maximum atomic E-state index is 13.0. The number of carbonyl (C=O) groups is 1. The SMILES string of the molecule is CC(NC(=O)CCc1ccc(S(=O)(=O)NCc2ccccc2)cc1)c1ccc(F)cc1. The minimum absolute atomic E-state index is 0.127. The van der Waals surface area contributed by atoms with Crippen molar-refractivity contribution in [2.24, 2.45) is 0 Å². The van der Waals surface area contributed by atoms with Crippen LogP contribution in [0.1, 0.15) is 36.1 Å². The standard InChI is InChI=1S/C24H25FN2O3S/c1-18(21-10-12-22(25)13-11-21)27-24(28)16-9-19-7-14-23(15-8-19)31(29,30)26-17-20-5-3-2-4-6-20/h2-8,10-15,18,26H,9,16-17H2,1H3,(H,27,28). The maximum Gasteiger partial charge on any atom is 0.240 e. The first kappa shape index (κ1) is 22.7. The van der Waals surface area contributed by atoms with E-state index in [4.69, 9.17) is 0 Å². The van der Waals surface area contributed by atoms with Crippen LogP contribution in [0.2, 0.25) is 0 Å². The summed E-state index contributed by atoms with van der Waals surface area (Å²) in [7, 11) is -3.61. The molecule has 1 unspecified atom stereocenters. The molecule has 0 spiro atoms. The molecule has 0 heterocycles. The lowest BCUT2D eigenvalue weighted by Gasteiger charge is -2.14. The van der Waals surface area contributed by atoms with Gasteiger partial charge in [-0.1, -0.05) is 54.6 Å². The zero-order valence-electron chi connectivity index (χ0n) is 17.2. The second-order valence-electron chi connectivity index (χ2n) is 7.29. The van der Waals surface area contributed by atoms with Crippen molar-refractivity contribution in [1.82, 2.24) is 10.0 Å². The summed E-state index contributed by atoms with van der Waals surface area (Å²) in [5, 5.41) is 2.89. The predicted molar refractivity (Wildman–Crippen MR) is 118 cm³/mol. The highest BCUT2D eigenvalue weighted by molar-refractivity contribution is 7.89. The van der Waals surface area contributed by atoms with Gasteiger partial charge in [0.15, 0.2) is 0 Å². The molecule has 0 aliphatic heterocycles. The minimum Gasteiger partial charge on any atom is -0.350 e. The van der Waals surface area contributed by atoms with E-state index in [0.29, 0.717) is 6.42 Å². The van der Waals surface area contributed by atoms with Gasteiger partial charge in [-0.15, -0.1) is 0 Å². The van der Waals surface area contributed by atoms with Crippen LogP contribution < -0.4 is 10.0 Å². The molecular formula is C24H25FN2O3S. The average Bonchev–Trinajstić information content (AvgIpc) is 2.78. The summed E-state index contributed by atoms with van der Waals surface area (Å²) in [5.74, 6) is -0.443. The van der Waals surface area contributed by atoms with Crippen LogP contribution in [0.25, 0.3) is 0 Å². The number of hydrogen-bond acceptors (Lipinski definition) is 3. The van der Waals surface area contributed by atoms with Gasteiger partial charge >= 0.3 is 0 Å². The highest BCUT2D eigenvalue weighted by atomic mass is 32.2. The fourth-order valence-corrected chi connectivity index (χ4v) is 4.12. The molecule has 1 amide bonds. The van der Waals surface area contributed by atoms with Gasteiger partial charge in [0.25, 0.3) is 0 Å². The molecule has 0 bridgehead atoms. The quantitative estimate of drug-likeness (QED) is 0.526. The zero-order valence-corrected chi connectivity index (χ0v) is 18.0. The average molecular weight is 441 g/mol. The first-order chi connectivity index (χ1) is 14.8. The molecule has 1 atom stereocenters. The second kappa shape index (κ2) is 10.3. The number of halogens is 1. The molecule has 5 nitrogen and oxygen atoms in total. The number of rotatable bonds is 9. The Morgan fingerprint density at radius 1 is 0.903 bits per heavy atom. The fraction of sp³-hybridized carbons (Fsp3) is 0.208. The number of nitrogens with one attached hydrogen (secondary N) is 2. The molecule has 0 saturated carbocycles. The first-order valence-electron chi connectivity index (χ1n) is 10.0. The van der Waals surface area contributed by atoms with Gasteiger partial charge < -0.3 is 5.32 Å². The Balaban J connectivity index is 1.50. The Kier molecular flexibility index (Phi) is 7.55. The third kappa shape index (κ3) is 6.73. The van der Waals surface area contributed by atoms with Crippen LogP contribution in [0.3, 0.4) is 0 Å². The number of amides is 1. The molecule has 2 N–H and O–H groups in total. The van der Waals surface area contributed by atoms with E-state index in [1.165, 1.54) is 12.1 Å². The van der Waals surface area contributed by atoms with Crippen LogP contribution in [0.15, 0.2) is 83.8 Å². The third-order valence-corrected chi connectivity index (χ3v) is 6.35. The smallest absolute Gasteiger partial charge is 0.240 e. The summed E-state index contributed by atoms with van der Waals surface area (Å²) >= 11 is 0. The van der Waals surface area contributed by atoms with Crippen LogP contribution >= 0.6 is 0 Å². The predicted octanol–water partition coefficient (Wildman–Crippen LogP) is 4.11. The summed E-state index contributed by atoms with van der Waals surface area (Å²) in [6.45, 7) is 2.06. The van der Waals surface area contributed by atoms with Crippen LogP contribution in [0, 0.1) is 5.82 Å². The molecule has 0 saturated heterocycles. The van der Waals surface area contributed by atoms with Gasteiger partial charge in [0, 0.05) is 13.0 Å². The molecule has 0 aliphatic rings. The van der Waals surface area contributed by atoms with Crippen LogP contribution in [0.4, 0.5) is 4.39 Å². The zero-order chi connectivity index (χ0) is 22.3. The molecule has 3 rings (SSSR count). The van der Waals surface area contributed by atoms with E-state index < -0.39 is 10.0 Å². The molecule has 0 aliphatic carbocycles. The molecular weight excluding hydrogens is 415 g/mol. The molecule has 3 aromatic rings. The minimum atomic E-state index is -3.61. The Morgan fingerprint density at radius 2 is 1.55 bits per heavy atom. The fourth-order valence-electron chi connectivity index (χ4n) is 3.10. The molecule has 31 heavy (non-hydrogen) atoms. The third-order valence-electron chi connectivity index (χ3n) is 4.93. The number of hydrogen-bond donors (Lipinski definition) is 2. The van der Waals surface area contributed by atoms with Gasteiger partial charge in [0.1, 0.15) is 5.82 Å². The van der Waals surface area contributed by atoms with Crippen molar-refractivity contribution in [2.75, 3.05) is 0 Å². The van der Waals surface area contributed by atoms with E-state index in [1.54, 1.807) is 36.4 Å². The van der Waals surface area contributed by atoms with E-state index in [9.17, 15) is 17.6 Å². The van der Waals surface area contributed by atoms with Crippen LogP contribution in [-0.4, -0.2) is 14.3 Å². The van der Waals surface area contributed by atoms with Crippen molar-refractivity contribution in [2.45, 2.75) is 37.2 Å². The first-order valence-corrected chi connectivity index (χ1v) is 11.5. The summed E-state index contributed by atoms with van der Waals surface area (Å²) in [5.41, 5.74) is 2.57. The van der Waals surface area contributed by atoms with Crippen molar-refractivity contribution in [3.63, 3.8) is 0 Å². The van der Waals surface area contributed by atoms with E-state index in [1.807, 2.05) is 37.3 Å².